The minimum atomic E-state index is -0.0196. The topological polar surface area (TPSA) is 9.23 Å². The van der Waals surface area contributed by atoms with Gasteiger partial charge in [-0.15, -0.1) is 0 Å². The monoisotopic (exact) mass is 322 g/mol. The molecule has 112 valence electrons. The first-order chi connectivity index (χ1) is 9.97. The first kappa shape index (κ1) is 16.4. The van der Waals surface area contributed by atoms with Crippen molar-refractivity contribution in [2.75, 3.05) is 0 Å². The largest absolute Gasteiger partial charge is 0.369 e. The second-order valence-electron chi connectivity index (χ2n) is 5.63. The zero-order valence-electron chi connectivity index (χ0n) is 12.6. The quantitative estimate of drug-likeness (QED) is 0.635. The Morgan fingerprint density at radius 2 is 1.67 bits per heavy atom. The van der Waals surface area contributed by atoms with E-state index in [-0.39, 0.29) is 6.10 Å². The summed E-state index contributed by atoms with van der Waals surface area (Å²) in [7, 11) is 0. The smallest absolute Gasteiger partial charge is 0.0866 e. The van der Waals surface area contributed by atoms with Crippen molar-refractivity contribution in [1.29, 1.82) is 0 Å². The fourth-order valence-electron chi connectivity index (χ4n) is 2.27. The molecule has 1 nitrogen and oxygen atoms in total. The van der Waals surface area contributed by atoms with Gasteiger partial charge in [0.1, 0.15) is 0 Å². The van der Waals surface area contributed by atoms with Crippen LogP contribution in [-0.4, -0.2) is 0 Å². The van der Waals surface area contributed by atoms with Crippen molar-refractivity contribution in [3.05, 3.63) is 69.2 Å². The SMILES string of the molecule is Cc1ccc(C(OCc2ccc(Cl)cc2)C(C)C)c(Cl)c1. The summed E-state index contributed by atoms with van der Waals surface area (Å²) < 4.78 is 6.11. The van der Waals surface area contributed by atoms with Gasteiger partial charge in [-0.3, -0.25) is 0 Å². The Hall–Kier alpha value is -1.02. The van der Waals surface area contributed by atoms with Crippen LogP contribution in [0.3, 0.4) is 0 Å². The number of hydrogen-bond donors (Lipinski definition) is 0. The molecular formula is C18H20Cl2O. The number of halogens is 2. The van der Waals surface area contributed by atoms with Gasteiger partial charge in [0.2, 0.25) is 0 Å². The fourth-order valence-corrected chi connectivity index (χ4v) is 2.74. The van der Waals surface area contributed by atoms with Crippen LogP contribution in [0.2, 0.25) is 10.0 Å². The predicted octanol–water partition coefficient (Wildman–Crippen LogP) is 6.22. The number of rotatable bonds is 5. The number of benzene rings is 2. The Labute approximate surface area is 136 Å². The van der Waals surface area contributed by atoms with Crippen LogP contribution in [0.5, 0.6) is 0 Å². The molecule has 0 fully saturated rings. The molecule has 0 aliphatic carbocycles. The lowest BCUT2D eigenvalue weighted by atomic mass is 9.98. The highest BCUT2D eigenvalue weighted by atomic mass is 35.5. The zero-order chi connectivity index (χ0) is 15.4. The van der Waals surface area contributed by atoms with E-state index in [1.165, 1.54) is 0 Å². The van der Waals surface area contributed by atoms with E-state index in [2.05, 4.69) is 26.0 Å². The highest BCUT2D eigenvalue weighted by Crippen LogP contribution is 2.32. The van der Waals surface area contributed by atoms with E-state index in [0.717, 1.165) is 26.7 Å². The Bertz CT molecular complexity index is 591. The summed E-state index contributed by atoms with van der Waals surface area (Å²) in [6.45, 7) is 6.87. The zero-order valence-corrected chi connectivity index (χ0v) is 14.1. The van der Waals surface area contributed by atoms with Crippen molar-refractivity contribution in [2.24, 2.45) is 5.92 Å². The van der Waals surface area contributed by atoms with E-state index in [9.17, 15) is 0 Å². The van der Waals surface area contributed by atoms with Crippen LogP contribution in [0.1, 0.15) is 36.6 Å². The van der Waals surface area contributed by atoms with Crippen molar-refractivity contribution in [3.63, 3.8) is 0 Å². The molecule has 0 N–H and O–H groups in total. The molecule has 2 rings (SSSR count). The Morgan fingerprint density at radius 3 is 2.24 bits per heavy atom. The van der Waals surface area contributed by atoms with Crippen molar-refractivity contribution >= 4 is 23.2 Å². The van der Waals surface area contributed by atoms with Crippen LogP contribution < -0.4 is 0 Å². The minimum absolute atomic E-state index is 0.0196. The predicted molar refractivity (Wildman–Crippen MR) is 90.0 cm³/mol. The molecule has 0 heterocycles. The molecule has 1 atom stereocenters. The fraction of sp³-hybridized carbons (Fsp3) is 0.333. The number of hydrogen-bond acceptors (Lipinski definition) is 1. The standard InChI is InChI=1S/C18H20Cl2O/c1-12(2)18(16-9-4-13(3)10-17(16)20)21-11-14-5-7-15(19)8-6-14/h4-10,12,18H,11H2,1-3H3. The van der Waals surface area contributed by atoms with Crippen LogP contribution in [0.4, 0.5) is 0 Å². The van der Waals surface area contributed by atoms with E-state index in [0.29, 0.717) is 12.5 Å². The molecular weight excluding hydrogens is 303 g/mol. The summed E-state index contributed by atoms with van der Waals surface area (Å²) >= 11 is 12.3. The van der Waals surface area contributed by atoms with Gasteiger partial charge in [0.05, 0.1) is 12.7 Å². The lowest BCUT2D eigenvalue weighted by molar-refractivity contribution is 0.00905. The lowest BCUT2D eigenvalue weighted by Crippen LogP contribution is -2.12. The highest BCUT2D eigenvalue weighted by molar-refractivity contribution is 6.31. The normalized spacial score (nSPS) is 12.7. The van der Waals surface area contributed by atoms with Gasteiger partial charge in [0.25, 0.3) is 0 Å². The molecule has 0 bridgehead atoms. The van der Waals surface area contributed by atoms with Gasteiger partial charge >= 0.3 is 0 Å². The molecule has 1 unspecified atom stereocenters. The molecule has 2 aromatic carbocycles. The van der Waals surface area contributed by atoms with Gasteiger partial charge in [0.15, 0.2) is 0 Å². The maximum absolute atomic E-state index is 6.37. The molecule has 0 saturated carbocycles. The maximum atomic E-state index is 6.37. The first-order valence-corrected chi connectivity index (χ1v) is 7.85. The summed E-state index contributed by atoms with van der Waals surface area (Å²) in [6, 6.07) is 13.8. The molecule has 3 heteroatoms. The van der Waals surface area contributed by atoms with E-state index >= 15 is 0 Å². The third kappa shape index (κ3) is 4.47. The molecule has 21 heavy (non-hydrogen) atoms. The molecule has 2 aromatic rings. The van der Waals surface area contributed by atoms with Crippen molar-refractivity contribution in [3.8, 4) is 0 Å². The van der Waals surface area contributed by atoms with Gasteiger partial charge in [-0.25, -0.2) is 0 Å². The summed E-state index contributed by atoms with van der Waals surface area (Å²) in [4.78, 5) is 0. The average Bonchev–Trinajstić information content (AvgIpc) is 2.42. The van der Waals surface area contributed by atoms with Gasteiger partial charge in [0, 0.05) is 10.0 Å². The van der Waals surface area contributed by atoms with Crippen LogP contribution in [0.15, 0.2) is 42.5 Å². The van der Waals surface area contributed by atoms with Crippen LogP contribution in [0, 0.1) is 12.8 Å². The van der Waals surface area contributed by atoms with E-state index < -0.39 is 0 Å². The van der Waals surface area contributed by atoms with Crippen molar-refractivity contribution < 1.29 is 4.74 Å². The Kier molecular flexibility index (Phi) is 5.69. The molecule has 0 amide bonds. The second kappa shape index (κ2) is 7.31. The van der Waals surface area contributed by atoms with Crippen molar-refractivity contribution in [1.82, 2.24) is 0 Å². The Balaban J connectivity index is 2.14. The van der Waals surface area contributed by atoms with E-state index in [4.69, 9.17) is 27.9 Å². The van der Waals surface area contributed by atoms with Gasteiger partial charge in [-0.05, 0) is 47.7 Å². The second-order valence-corrected chi connectivity index (χ2v) is 6.47. The van der Waals surface area contributed by atoms with E-state index in [1.54, 1.807) is 0 Å². The summed E-state index contributed by atoms with van der Waals surface area (Å²) in [5.74, 6) is 0.345. The highest BCUT2D eigenvalue weighted by Gasteiger charge is 2.19. The lowest BCUT2D eigenvalue weighted by Gasteiger charge is -2.23. The molecule has 0 aliphatic heterocycles. The number of ether oxygens (including phenoxy) is 1. The molecule has 0 aromatic heterocycles. The summed E-state index contributed by atoms with van der Waals surface area (Å²) in [6.07, 6.45) is -0.0196. The molecule has 0 saturated heterocycles. The maximum Gasteiger partial charge on any atom is 0.0866 e. The average molecular weight is 323 g/mol. The van der Waals surface area contributed by atoms with Crippen LogP contribution in [-0.2, 0) is 11.3 Å². The third-order valence-electron chi connectivity index (χ3n) is 3.41. The van der Waals surface area contributed by atoms with Gasteiger partial charge < -0.3 is 4.74 Å². The van der Waals surface area contributed by atoms with E-state index in [1.807, 2.05) is 37.3 Å². The molecule has 0 aliphatic rings. The van der Waals surface area contributed by atoms with Gasteiger partial charge in [-0.1, -0.05) is 61.3 Å². The first-order valence-electron chi connectivity index (χ1n) is 7.09. The molecule has 0 radical (unpaired) electrons. The van der Waals surface area contributed by atoms with Crippen LogP contribution >= 0.6 is 23.2 Å². The van der Waals surface area contributed by atoms with Crippen molar-refractivity contribution in [2.45, 2.75) is 33.5 Å². The third-order valence-corrected chi connectivity index (χ3v) is 3.99. The Morgan fingerprint density at radius 1 is 1.00 bits per heavy atom. The van der Waals surface area contributed by atoms with Gasteiger partial charge in [-0.2, -0.15) is 0 Å². The number of aryl methyl sites for hydroxylation is 1. The summed E-state index contributed by atoms with van der Waals surface area (Å²) in [5, 5.41) is 1.51. The van der Waals surface area contributed by atoms with Crippen LogP contribution in [0.25, 0.3) is 0 Å². The summed E-state index contributed by atoms with van der Waals surface area (Å²) in [5.41, 5.74) is 3.31. The molecule has 0 spiro atoms. The minimum Gasteiger partial charge on any atom is -0.369 e.